The van der Waals surface area contributed by atoms with Crippen molar-refractivity contribution in [2.24, 2.45) is 5.92 Å². The van der Waals surface area contributed by atoms with Gasteiger partial charge in [-0.1, -0.05) is 36.4 Å². The van der Waals surface area contributed by atoms with Crippen molar-refractivity contribution in [2.45, 2.75) is 13.0 Å². The van der Waals surface area contributed by atoms with Crippen molar-refractivity contribution in [3.8, 4) is 11.5 Å². The van der Waals surface area contributed by atoms with Crippen molar-refractivity contribution >= 4 is 16.9 Å². The Morgan fingerprint density at radius 3 is 2.61 bits per heavy atom. The van der Waals surface area contributed by atoms with E-state index < -0.39 is 11.8 Å². The molecular formula is C25H21FN2O3. The van der Waals surface area contributed by atoms with Crippen LogP contribution in [-0.4, -0.2) is 34.0 Å². The van der Waals surface area contributed by atoms with E-state index in [1.165, 1.54) is 11.6 Å². The van der Waals surface area contributed by atoms with Gasteiger partial charge in [0, 0.05) is 31.2 Å². The van der Waals surface area contributed by atoms with E-state index in [0.29, 0.717) is 36.5 Å². The highest BCUT2D eigenvalue weighted by atomic mass is 19.1. The van der Waals surface area contributed by atoms with Crippen molar-refractivity contribution in [1.82, 2.24) is 9.88 Å². The van der Waals surface area contributed by atoms with Gasteiger partial charge >= 0.3 is 5.97 Å². The number of furan rings is 1. The second-order valence-corrected chi connectivity index (χ2v) is 8.05. The molecule has 0 radical (unpaired) electrons. The molecular weight excluding hydrogens is 395 g/mol. The summed E-state index contributed by atoms with van der Waals surface area (Å²) in [5.41, 5.74) is 3.97. The smallest absolute Gasteiger partial charge is 0.309 e. The lowest BCUT2D eigenvalue weighted by atomic mass is 10.00. The Morgan fingerprint density at radius 2 is 1.87 bits per heavy atom. The first-order valence-corrected chi connectivity index (χ1v) is 10.2. The number of benzene rings is 2. The van der Waals surface area contributed by atoms with Gasteiger partial charge in [0.25, 0.3) is 0 Å². The number of carboxylic acid groups (broad SMARTS) is 1. The molecule has 5 nitrogen and oxygen atoms in total. The number of fused-ring (bicyclic) bond motifs is 1. The predicted octanol–water partition coefficient (Wildman–Crippen LogP) is 4.74. The number of carbonyl (C=O) groups is 1. The fourth-order valence-electron chi connectivity index (χ4n) is 4.01. The maximum absolute atomic E-state index is 14.8. The Kier molecular flexibility index (Phi) is 5.00. The number of hydrogen-bond acceptors (Lipinski definition) is 4. The lowest BCUT2D eigenvalue weighted by Crippen LogP contribution is -2.49. The number of likely N-dealkylation sites (tertiary alicyclic amines) is 1. The lowest BCUT2D eigenvalue weighted by Gasteiger charge is -2.36. The van der Waals surface area contributed by atoms with Crippen LogP contribution in [0.2, 0.25) is 0 Å². The van der Waals surface area contributed by atoms with Crippen LogP contribution in [0.3, 0.4) is 0 Å². The number of aromatic nitrogens is 1. The third-order valence-corrected chi connectivity index (χ3v) is 5.68. The SMILES string of the molecule is O=C(O)C1CN(Cc2cnc(-c3cc4cc(Cc5ccccc5)ccc4o3)c(F)c2)C1. The highest BCUT2D eigenvalue weighted by Crippen LogP contribution is 2.30. The van der Waals surface area contributed by atoms with Crippen LogP contribution in [0.5, 0.6) is 0 Å². The first-order chi connectivity index (χ1) is 15.0. The zero-order valence-corrected chi connectivity index (χ0v) is 16.8. The van der Waals surface area contributed by atoms with Gasteiger partial charge in [-0.2, -0.15) is 0 Å². The third kappa shape index (κ3) is 4.07. The van der Waals surface area contributed by atoms with Gasteiger partial charge in [0.05, 0.1) is 5.92 Å². The first kappa shape index (κ1) is 19.5. The molecule has 0 spiro atoms. The molecule has 0 unspecified atom stereocenters. The maximum atomic E-state index is 14.8. The number of pyridine rings is 1. The Balaban J connectivity index is 1.33. The molecule has 5 rings (SSSR count). The van der Waals surface area contributed by atoms with Crippen molar-refractivity contribution in [1.29, 1.82) is 0 Å². The van der Waals surface area contributed by atoms with Crippen LogP contribution < -0.4 is 0 Å². The summed E-state index contributed by atoms with van der Waals surface area (Å²) in [7, 11) is 0. The van der Waals surface area contributed by atoms with Crippen molar-refractivity contribution < 1.29 is 18.7 Å². The highest BCUT2D eigenvalue weighted by Gasteiger charge is 2.32. The van der Waals surface area contributed by atoms with E-state index >= 15 is 0 Å². The number of nitrogens with zero attached hydrogens (tertiary/aromatic N) is 2. The number of carboxylic acids is 1. The standard InChI is InChI=1S/C25H21FN2O3/c26-21-10-18(13-28-14-20(15-28)25(29)30)12-27-24(21)23-11-19-9-17(6-7-22(19)31-23)8-16-4-2-1-3-5-16/h1-7,9-12,20H,8,13-15H2,(H,29,30). The summed E-state index contributed by atoms with van der Waals surface area (Å²) in [4.78, 5) is 17.2. The van der Waals surface area contributed by atoms with Crippen LogP contribution in [0.1, 0.15) is 16.7 Å². The van der Waals surface area contributed by atoms with Crippen LogP contribution >= 0.6 is 0 Å². The summed E-state index contributed by atoms with van der Waals surface area (Å²) in [5, 5.41) is 9.88. The van der Waals surface area contributed by atoms with Gasteiger partial charge in [-0.3, -0.25) is 9.69 Å². The summed E-state index contributed by atoms with van der Waals surface area (Å²) < 4.78 is 20.6. The molecule has 0 bridgehead atoms. The largest absolute Gasteiger partial charge is 0.481 e. The van der Waals surface area contributed by atoms with E-state index in [9.17, 15) is 9.18 Å². The second kappa shape index (κ2) is 7.96. The summed E-state index contributed by atoms with van der Waals surface area (Å²) in [5.74, 6) is -1.17. The molecule has 0 saturated carbocycles. The Labute approximate surface area is 178 Å². The first-order valence-electron chi connectivity index (χ1n) is 10.2. The van der Waals surface area contributed by atoms with Crippen LogP contribution in [0, 0.1) is 11.7 Å². The van der Waals surface area contributed by atoms with Crippen molar-refractivity contribution in [2.75, 3.05) is 13.1 Å². The van der Waals surface area contributed by atoms with Crippen LogP contribution in [0.4, 0.5) is 4.39 Å². The Morgan fingerprint density at radius 1 is 1.06 bits per heavy atom. The van der Waals surface area contributed by atoms with Gasteiger partial charge in [0.15, 0.2) is 11.6 Å². The van der Waals surface area contributed by atoms with Crippen molar-refractivity contribution in [3.63, 3.8) is 0 Å². The lowest BCUT2D eigenvalue weighted by molar-refractivity contribution is -0.147. The molecule has 0 aliphatic carbocycles. The molecule has 6 heteroatoms. The van der Waals surface area contributed by atoms with E-state index in [4.69, 9.17) is 9.52 Å². The quantitative estimate of drug-likeness (QED) is 0.492. The van der Waals surface area contributed by atoms with Gasteiger partial charge in [-0.05, 0) is 47.4 Å². The molecule has 2 aromatic carbocycles. The van der Waals surface area contributed by atoms with E-state index in [1.807, 2.05) is 41.3 Å². The molecule has 1 aliphatic rings. The molecule has 1 N–H and O–H groups in total. The minimum absolute atomic E-state index is 0.177. The zero-order chi connectivity index (χ0) is 21.4. The molecule has 31 heavy (non-hydrogen) atoms. The second-order valence-electron chi connectivity index (χ2n) is 8.05. The van der Waals surface area contributed by atoms with Gasteiger partial charge < -0.3 is 9.52 Å². The van der Waals surface area contributed by atoms with Gasteiger partial charge in [-0.25, -0.2) is 9.37 Å². The fraction of sp³-hybridized carbons (Fsp3) is 0.200. The number of hydrogen-bond donors (Lipinski definition) is 1. The molecule has 1 aliphatic heterocycles. The molecule has 3 heterocycles. The maximum Gasteiger partial charge on any atom is 0.309 e. The number of rotatable bonds is 6. The molecule has 1 saturated heterocycles. The monoisotopic (exact) mass is 416 g/mol. The minimum atomic E-state index is -0.785. The molecule has 2 aromatic heterocycles. The Bertz CT molecular complexity index is 1250. The molecule has 4 aromatic rings. The van der Waals surface area contributed by atoms with Crippen LogP contribution in [-0.2, 0) is 17.8 Å². The Hall–Kier alpha value is -3.51. The number of halogens is 1. The third-order valence-electron chi connectivity index (χ3n) is 5.68. The minimum Gasteiger partial charge on any atom is -0.481 e. The van der Waals surface area contributed by atoms with E-state index in [2.05, 4.69) is 23.2 Å². The van der Waals surface area contributed by atoms with Gasteiger partial charge in [0.2, 0.25) is 0 Å². The zero-order valence-electron chi connectivity index (χ0n) is 16.8. The van der Waals surface area contributed by atoms with E-state index in [0.717, 1.165) is 17.4 Å². The summed E-state index contributed by atoms with van der Waals surface area (Å²) in [6.07, 6.45) is 2.44. The van der Waals surface area contributed by atoms with E-state index in [1.54, 1.807) is 6.20 Å². The summed E-state index contributed by atoms with van der Waals surface area (Å²) in [6, 6.07) is 19.5. The average Bonchev–Trinajstić information content (AvgIpc) is 3.14. The molecule has 1 fully saturated rings. The average molecular weight is 416 g/mol. The predicted molar refractivity (Wildman–Crippen MR) is 115 cm³/mol. The van der Waals surface area contributed by atoms with Crippen LogP contribution in [0.25, 0.3) is 22.4 Å². The summed E-state index contributed by atoms with van der Waals surface area (Å²) >= 11 is 0. The van der Waals surface area contributed by atoms with Crippen molar-refractivity contribution in [3.05, 3.63) is 89.4 Å². The highest BCUT2D eigenvalue weighted by molar-refractivity contribution is 5.83. The normalized spacial score (nSPS) is 14.6. The van der Waals surface area contributed by atoms with Gasteiger partial charge in [0.1, 0.15) is 11.3 Å². The molecule has 0 amide bonds. The number of aliphatic carboxylic acids is 1. The fourth-order valence-corrected chi connectivity index (χ4v) is 4.01. The molecule has 156 valence electrons. The van der Waals surface area contributed by atoms with Gasteiger partial charge in [-0.15, -0.1) is 0 Å². The topological polar surface area (TPSA) is 66.6 Å². The summed E-state index contributed by atoms with van der Waals surface area (Å²) in [6.45, 7) is 1.44. The van der Waals surface area contributed by atoms with E-state index in [-0.39, 0.29) is 11.6 Å². The molecule has 0 atom stereocenters. The van der Waals surface area contributed by atoms with Crippen LogP contribution in [0.15, 0.2) is 71.3 Å².